The number of piperazine rings is 1. The average Bonchev–Trinajstić information content (AvgIpc) is 3.00. The van der Waals surface area contributed by atoms with Crippen LogP contribution in [0.15, 0.2) is 84.0 Å². The van der Waals surface area contributed by atoms with E-state index >= 15 is 0 Å². The fraction of sp³-hybridized carbons (Fsp3) is 0.281. The molecule has 0 spiro atoms. The molecule has 10 nitrogen and oxygen atoms in total. The van der Waals surface area contributed by atoms with Gasteiger partial charge >= 0.3 is 5.97 Å². The summed E-state index contributed by atoms with van der Waals surface area (Å²) in [7, 11) is 0. The van der Waals surface area contributed by atoms with Crippen molar-refractivity contribution in [3.63, 3.8) is 0 Å². The molecule has 2 unspecified atom stereocenters. The van der Waals surface area contributed by atoms with Crippen molar-refractivity contribution < 1.29 is 18.7 Å². The molecule has 3 heterocycles. The van der Waals surface area contributed by atoms with Crippen LogP contribution in [0, 0.1) is 17.8 Å². The second-order valence-corrected chi connectivity index (χ2v) is 11.5. The third-order valence-corrected chi connectivity index (χ3v) is 8.26. The Morgan fingerprint density at radius 1 is 0.977 bits per heavy atom. The van der Waals surface area contributed by atoms with E-state index in [0.717, 1.165) is 32.2 Å². The van der Waals surface area contributed by atoms with Crippen LogP contribution in [0.25, 0.3) is 10.8 Å². The maximum atomic E-state index is 13.2. The third kappa shape index (κ3) is 7.01. The van der Waals surface area contributed by atoms with Crippen molar-refractivity contribution in [3.05, 3.63) is 106 Å². The molecule has 5 rings (SSSR count). The Morgan fingerprint density at radius 2 is 1.63 bits per heavy atom. The summed E-state index contributed by atoms with van der Waals surface area (Å²) in [5.41, 5.74) is 3.49. The minimum atomic E-state index is -2.44. The van der Waals surface area contributed by atoms with Gasteiger partial charge in [-0.1, -0.05) is 31.8 Å². The number of carboxylic acids is 1. The Kier molecular flexibility index (Phi) is 9.33. The van der Waals surface area contributed by atoms with Crippen molar-refractivity contribution in [2.24, 2.45) is 5.92 Å². The van der Waals surface area contributed by atoms with E-state index in [9.17, 15) is 23.5 Å². The van der Waals surface area contributed by atoms with Crippen LogP contribution in [0.4, 0.5) is 5.69 Å². The Hall–Kier alpha value is -4.34. The van der Waals surface area contributed by atoms with Gasteiger partial charge in [0, 0.05) is 67.0 Å². The number of carbonyl (C=O) groups is 1. The molecule has 1 aliphatic rings. The van der Waals surface area contributed by atoms with Gasteiger partial charge in [0.25, 0.3) is 5.56 Å². The molecular formula is C32H33N5O5S. The van der Waals surface area contributed by atoms with Gasteiger partial charge in [0.05, 0.1) is 6.54 Å². The molecule has 2 aromatic carbocycles. The summed E-state index contributed by atoms with van der Waals surface area (Å²) in [6.45, 7) is 5.88. The number of carboxylic acid groups (broad SMARTS) is 1. The molecule has 1 aliphatic heterocycles. The van der Waals surface area contributed by atoms with E-state index in [1.54, 1.807) is 42.0 Å². The van der Waals surface area contributed by atoms with Crippen LogP contribution in [0.2, 0.25) is 0 Å². The third-order valence-electron chi connectivity index (χ3n) is 7.48. The van der Waals surface area contributed by atoms with Gasteiger partial charge in [-0.05, 0) is 71.5 Å². The van der Waals surface area contributed by atoms with E-state index in [1.807, 2.05) is 60.7 Å². The number of nitrogens with zero attached hydrogens (tertiary/aromatic N) is 5. The number of benzene rings is 2. The van der Waals surface area contributed by atoms with Crippen molar-refractivity contribution in [2.45, 2.75) is 26.4 Å². The lowest BCUT2D eigenvalue weighted by Gasteiger charge is -2.42. The topological polar surface area (TPSA) is 119 Å². The molecule has 43 heavy (non-hydrogen) atoms. The summed E-state index contributed by atoms with van der Waals surface area (Å²) in [6, 6.07) is 18.1. The van der Waals surface area contributed by atoms with Crippen molar-refractivity contribution in [1.82, 2.24) is 19.0 Å². The Morgan fingerprint density at radius 3 is 2.26 bits per heavy atom. The lowest BCUT2D eigenvalue weighted by Crippen LogP contribution is -2.60. The van der Waals surface area contributed by atoms with Gasteiger partial charge in [0.15, 0.2) is 0 Å². The number of hydrazine groups is 1. The first-order chi connectivity index (χ1) is 20.7. The number of aliphatic carboxylic acids is 1. The zero-order valence-corrected chi connectivity index (χ0v) is 24.8. The SMILES string of the molecule is CC(C)C(C(=O)O)N(N1CCN(c2ccc(C#Cc3ccc4ccn(Cc5ccncc5)c(=O)c4c3)cc2)CC1)S(=O)O. The van der Waals surface area contributed by atoms with Crippen LogP contribution in [-0.4, -0.2) is 71.0 Å². The summed E-state index contributed by atoms with van der Waals surface area (Å²) in [6.07, 6.45) is 5.23. The Balaban J connectivity index is 1.26. The van der Waals surface area contributed by atoms with Gasteiger partial charge in [-0.3, -0.25) is 19.1 Å². The zero-order chi connectivity index (χ0) is 30.5. The average molecular weight is 600 g/mol. The number of aromatic nitrogens is 2. The van der Waals surface area contributed by atoms with Crippen molar-refractivity contribution in [3.8, 4) is 11.8 Å². The maximum Gasteiger partial charge on any atom is 0.323 e. The van der Waals surface area contributed by atoms with Gasteiger partial charge in [-0.2, -0.15) is 0 Å². The van der Waals surface area contributed by atoms with E-state index in [1.165, 1.54) is 0 Å². The molecule has 2 aromatic heterocycles. The van der Waals surface area contributed by atoms with Crippen molar-refractivity contribution in [1.29, 1.82) is 0 Å². The predicted octanol–water partition coefficient (Wildman–Crippen LogP) is 3.43. The van der Waals surface area contributed by atoms with Crippen LogP contribution >= 0.6 is 0 Å². The molecule has 0 amide bonds. The molecule has 2 N–H and O–H groups in total. The largest absolute Gasteiger partial charge is 0.480 e. The number of fused-ring (bicyclic) bond motifs is 1. The first-order valence-corrected chi connectivity index (χ1v) is 15.0. The first-order valence-electron chi connectivity index (χ1n) is 14.0. The molecular weight excluding hydrogens is 566 g/mol. The highest BCUT2D eigenvalue weighted by Gasteiger charge is 2.38. The predicted molar refractivity (Wildman–Crippen MR) is 167 cm³/mol. The van der Waals surface area contributed by atoms with Crippen molar-refractivity contribution in [2.75, 3.05) is 31.1 Å². The highest BCUT2D eigenvalue weighted by Crippen LogP contribution is 2.22. The van der Waals surface area contributed by atoms with E-state index in [-0.39, 0.29) is 11.5 Å². The number of hydrogen-bond donors (Lipinski definition) is 2. The maximum absolute atomic E-state index is 13.2. The van der Waals surface area contributed by atoms with E-state index < -0.39 is 23.3 Å². The van der Waals surface area contributed by atoms with Gasteiger partial charge in [-0.15, -0.1) is 4.41 Å². The molecule has 1 saturated heterocycles. The first kappa shape index (κ1) is 30.1. The highest BCUT2D eigenvalue weighted by atomic mass is 32.2. The summed E-state index contributed by atoms with van der Waals surface area (Å²) in [4.78, 5) is 31.1. The Bertz CT molecular complexity index is 1740. The van der Waals surface area contributed by atoms with Crippen LogP contribution in [0.5, 0.6) is 0 Å². The molecule has 0 radical (unpaired) electrons. The summed E-state index contributed by atoms with van der Waals surface area (Å²) in [5.74, 6) is 4.89. The smallest absolute Gasteiger partial charge is 0.323 e. The van der Waals surface area contributed by atoms with E-state index in [0.29, 0.717) is 38.1 Å². The summed E-state index contributed by atoms with van der Waals surface area (Å²) < 4.78 is 24.7. The number of anilines is 1. The number of hydrogen-bond acceptors (Lipinski definition) is 6. The molecule has 11 heteroatoms. The molecule has 4 aromatic rings. The highest BCUT2D eigenvalue weighted by molar-refractivity contribution is 7.76. The van der Waals surface area contributed by atoms with E-state index in [4.69, 9.17) is 0 Å². The quantitative estimate of drug-likeness (QED) is 0.234. The minimum absolute atomic E-state index is 0.0709. The van der Waals surface area contributed by atoms with Crippen LogP contribution in [-0.2, 0) is 22.6 Å². The van der Waals surface area contributed by atoms with Crippen LogP contribution in [0.1, 0.15) is 30.5 Å². The van der Waals surface area contributed by atoms with Crippen LogP contribution < -0.4 is 10.5 Å². The van der Waals surface area contributed by atoms with Gasteiger partial charge < -0.3 is 14.6 Å². The van der Waals surface area contributed by atoms with E-state index in [2.05, 4.69) is 21.7 Å². The molecule has 0 aliphatic carbocycles. The fourth-order valence-electron chi connectivity index (χ4n) is 5.22. The molecule has 0 bridgehead atoms. The molecule has 1 fully saturated rings. The summed E-state index contributed by atoms with van der Waals surface area (Å²) in [5, 5.41) is 12.8. The number of rotatable bonds is 8. The second-order valence-electron chi connectivity index (χ2n) is 10.7. The van der Waals surface area contributed by atoms with Gasteiger partial charge in [-0.25, -0.2) is 9.22 Å². The lowest BCUT2D eigenvalue weighted by atomic mass is 10.1. The molecule has 222 valence electrons. The monoisotopic (exact) mass is 599 g/mol. The van der Waals surface area contributed by atoms with Crippen molar-refractivity contribution >= 4 is 33.7 Å². The normalized spacial score (nSPS) is 15.3. The molecule has 2 atom stereocenters. The van der Waals surface area contributed by atoms with Crippen LogP contribution in [0.3, 0.4) is 0 Å². The minimum Gasteiger partial charge on any atom is -0.480 e. The standard InChI is InChI=1S/C32H33N5O5S/c1-23(2)30(32(39)40)37(43(41)42)36-19-17-34(18-20-36)28-9-6-24(7-10-28)3-4-25-5-8-27-13-16-35(31(38)29(27)21-25)22-26-11-14-33-15-12-26/h5-16,21,23,30H,17-20,22H2,1-2H3,(H,39,40)(H,41,42). The van der Waals surface area contributed by atoms with Gasteiger partial charge in [0.1, 0.15) is 6.04 Å². The zero-order valence-electron chi connectivity index (χ0n) is 24.0. The lowest BCUT2D eigenvalue weighted by molar-refractivity contribution is -0.148. The fourth-order valence-corrected chi connectivity index (χ4v) is 6.11. The second kappa shape index (κ2) is 13.3. The molecule has 0 saturated carbocycles. The van der Waals surface area contributed by atoms with Gasteiger partial charge in [0.2, 0.25) is 11.3 Å². The summed E-state index contributed by atoms with van der Waals surface area (Å²) >= 11 is -2.44. The Labute approximate surface area is 252 Å². The number of pyridine rings is 2.